The van der Waals surface area contributed by atoms with E-state index in [4.69, 9.17) is 5.11 Å². The zero-order valence-electron chi connectivity index (χ0n) is 15.3. The fourth-order valence-corrected chi connectivity index (χ4v) is 2.51. The van der Waals surface area contributed by atoms with Crippen molar-refractivity contribution >= 4 is 29.3 Å². The van der Waals surface area contributed by atoms with Gasteiger partial charge in [-0.25, -0.2) is 4.79 Å². The monoisotopic (exact) mass is 390 g/mol. The number of para-hydroxylation sites is 1. The Bertz CT molecular complexity index is 1000. The number of carbonyl (C=O) groups is 3. The minimum absolute atomic E-state index is 0.130. The van der Waals surface area contributed by atoms with Crippen molar-refractivity contribution in [3.8, 4) is 11.1 Å². The van der Waals surface area contributed by atoms with Crippen LogP contribution in [-0.2, 0) is 4.79 Å². The molecule has 1 aromatic heterocycles. The maximum Gasteiger partial charge on any atom is 0.323 e. The quantitative estimate of drug-likeness (QED) is 0.515. The van der Waals surface area contributed by atoms with Gasteiger partial charge in [0.2, 0.25) is 0 Å². The second-order valence-corrected chi connectivity index (χ2v) is 6.03. The van der Waals surface area contributed by atoms with Gasteiger partial charge in [0.05, 0.1) is 0 Å². The van der Waals surface area contributed by atoms with Gasteiger partial charge in [-0.3, -0.25) is 14.6 Å². The summed E-state index contributed by atoms with van der Waals surface area (Å²) in [5.41, 5.74) is 3.08. The number of nitrogens with zero attached hydrogens (tertiary/aromatic N) is 1. The highest BCUT2D eigenvalue weighted by atomic mass is 16.4. The van der Waals surface area contributed by atoms with E-state index in [2.05, 4.69) is 20.9 Å². The van der Waals surface area contributed by atoms with Crippen LogP contribution in [-0.4, -0.2) is 34.5 Å². The zero-order chi connectivity index (χ0) is 20.6. The number of amides is 3. The summed E-state index contributed by atoms with van der Waals surface area (Å²) in [6, 6.07) is 19.2. The van der Waals surface area contributed by atoms with Gasteiger partial charge in [0.25, 0.3) is 5.91 Å². The van der Waals surface area contributed by atoms with Crippen LogP contribution in [0.25, 0.3) is 11.1 Å². The van der Waals surface area contributed by atoms with Crippen LogP contribution in [0.4, 0.5) is 16.2 Å². The maximum absolute atomic E-state index is 12.0. The van der Waals surface area contributed by atoms with Crippen molar-refractivity contribution in [3.63, 3.8) is 0 Å². The summed E-state index contributed by atoms with van der Waals surface area (Å²) in [4.78, 5) is 38.4. The standard InChI is InChI=1S/C21H18N4O4/c26-19(27)13-23-20(28)18-11-8-15(12-22-18)14-6-9-17(10-7-14)25-21(29)24-16-4-2-1-3-5-16/h1-12H,13H2,(H,23,28)(H,26,27)(H2,24,25,29). The number of benzene rings is 2. The molecule has 8 heteroatoms. The average Bonchev–Trinajstić information content (AvgIpc) is 2.73. The summed E-state index contributed by atoms with van der Waals surface area (Å²) in [5, 5.41) is 16.3. The summed E-state index contributed by atoms with van der Waals surface area (Å²) < 4.78 is 0. The third-order valence-corrected chi connectivity index (χ3v) is 3.90. The van der Waals surface area contributed by atoms with Crippen molar-refractivity contribution in [2.24, 2.45) is 0 Å². The molecule has 0 aliphatic carbocycles. The number of aliphatic carboxylic acids is 1. The van der Waals surface area contributed by atoms with E-state index < -0.39 is 18.4 Å². The number of carboxylic acid groups (broad SMARTS) is 1. The van der Waals surface area contributed by atoms with Crippen molar-refractivity contribution in [3.05, 3.63) is 78.6 Å². The van der Waals surface area contributed by atoms with Crippen molar-refractivity contribution in [2.45, 2.75) is 0 Å². The van der Waals surface area contributed by atoms with E-state index in [1.165, 1.54) is 12.3 Å². The third-order valence-electron chi connectivity index (χ3n) is 3.90. The van der Waals surface area contributed by atoms with Gasteiger partial charge in [-0.15, -0.1) is 0 Å². The predicted octanol–water partition coefficient (Wildman–Crippen LogP) is 3.21. The first-order valence-electron chi connectivity index (χ1n) is 8.71. The highest BCUT2D eigenvalue weighted by Crippen LogP contribution is 2.21. The first-order valence-corrected chi connectivity index (χ1v) is 8.71. The molecule has 0 saturated carbocycles. The zero-order valence-corrected chi connectivity index (χ0v) is 15.3. The van der Waals surface area contributed by atoms with Gasteiger partial charge in [0.15, 0.2) is 0 Å². The SMILES string of the molecule is O=C(O)CNC(=O)c1ccc(-c2ccc(NC(=O)Nc3ccccc3)cc2)cn1. The highest BCUT2D eigenvalue weighted by Gasteiger charge is 2.09. The van der Waals surface area contributed by atoms with Crippen LogP contribution in [0.2, 0.25) is 0 Å². The van der Waals surface area contributed by atoms with Gasteiger partial charge in [0.1, 0.15) is 12.2 Å². The summed E-state index contributed by atoms with van der Waals surface area (Å²) in [7, 11) is 0. The minimum atomic E-state index is -1.12. The number of hydrogen-bond donors (Lipinski definition) is 4. The number of pyridine rings is 1. The summed E-state index contributed by atoms with van der Waals surface area (Å²) in [6.45, 7) is -0.464. The number of rotatable bonds is 6. The normalized spacial score (nSPS) is 10.1. The number of carbonyl (C=O) groups excluding carboxylic acids is 2. The number of hydrogen-bond acceptors (Lipinski definition) is 4. The van der Waals surface area contributed by atoms with E-state index in [-0.39, 0.29) is 11.7 Å². The number of urea groups is 1. The van der Waals surface area contributed by atoms with Crippen molar-refractivity contribution in [1.29, 1.82) is 0 Å². The molecule has 3 amide bonds. The molecule has 3 aromatic rings. The Labute approximate surface area is 166 Å². The van der Waals surface area contributed by atoms with Gasteiger partial charge in [-0.2, -0.15) is 0 Å². The molecule has 0 fully saturated rings. The molecule has 0 unspecified atom stereocenters. The molecule has 1 heterocycles. The van der Waals surface area contributed by atoms with Crippen LogP contribution >= 0.6 is 0 Å². The van der Waals surface area contributed by atoms with Gasteiger partial charge in [-0.1, -0.05) is 36.4 Å². The van der Waals surface area contributed by atoms with Gasteiger partial charge in [0, 0.05) is 23.1 Å². The Morgan fingerprint density at radius 2 is 1.41 bits per heavy atom. The number of nitrogens with one attached hydrogen (secondary N) is 3. The smallest absolute Gasteiger partial charge is 0.323 e. The molecule has 4 N–H and O–H groups in total. The number of carboxylic acids is 1. The van der Waals surface area contributed by atoms with Crippen LogP contribution in [0.15, 0.2) is 72.9 Å². The van der Waals surface area contributed by atoms with E-state index in [9.17, 15) is 14.4 Å². The largest absolute Gasteiger partial charge is 0.480 e. The maximum atomic E-state index is 12.0. The molecule has 8 nitrogen and oxygen atoms in total. The van der Waals surface area contributed by atoms with Crippen LogP contribution in [0.5, 0.6) is 0 Å². The number of aromatic nitrogens is 1. The van der Waals surface area contributed by atoms with Gasteiger partial charge in [-0.05, 0) is 35.9 Å². The Balaban J connectivity index is 1.60. The Hall–Kier alpha value is -4.20. The molecule has 3 rings (SSSR count). The van der Waals surface area contributed by atoms with Crippen LogP contribution in [0.1, 0.15) is 10.5 Å². The highest BCUT2D eigenvalue weighted by molar-refractivity contribution is 5.99. The summed E-state index contributed by atoms with van der Waals surface area (Å²) >= 11 is 0. The van der Waals surface area contributed by atoms with Crippen molar-refractivity contribution < 1.29 is 19.5 Å². The lowest BCUT2D eigenvalue weighted by atomic mass is 10.1. The molecular weight excluding hydrogens is 372 g/mol. The molecular formula is C21H18N4O4. The van der Waals surface area contributed by atoms with Crippen LogP contribution < -0.4 is 16.0 Å². The van der Waals surface area contributed by atoms with E-state index >= 15 is 0 Å². The van der Waals surface area contributed by atoms with Gasteiger partial charge >= 0.3 is 12.0 Å². The second kappa shape index (κ2) is 9.14. The first kappa shape index (κ1) is 19.6. The number of anilines is 2. The topological polar surface area (TPSA) is 120 Å². The Morgan fingerprint density at radius 1 is 0.793 bits per heavy atom. The summed E-state index contributed by atoms with van der Waals surface area (Å²) in [6.07, 6.45) is 1.53. The van der Waals surface area contributed by atoms with E-state index in [1.807, 2.05) is 30.3 Å². The molecule has 0 saturated heterocycles. The molecule has 2 aromatic carbocycles. The fraction of sp³-hybridized carbons (Fsp3) is 0.0476. The van der Waals surface area contributed by atoms with Crippen LogP contribution in [0, 0.1) is 0 Å². The molecule has 0 bridgehead atoms. The lowest BCUT2D eigenvalue weighted by molar-refractivity contribution is -0.135. The Morgan fingerprint density at radius 3 is 2.00 bits per heavy atom. The molecule has 0 aliphatic heterocycles. The first-order chi connectivity index (χ1) is 14.0. The summed E-state index contributed by atoms with van der Waals surface area (Å²) in [5.74, 6) is -1.68. The van der Waals surface area contributed by atoms with E-state index in [0.29, 0.717) is 11.4 Å². The fourth-order valence-electron chi connectivity index (χ4n) is 2.51. The van der Waals surface area contributed by atoms with E-state index in [0.717, 1.165) is 11.1 Å². The lowest BCUT2D eigenvalue weighted by Crippen LogP contribution is -2.29. The predicted molar refractivity (Wildman–Crippen MR) is 109 cm³/mol. The molecule has 0 spiro atoms. The lowest BCUT2D eigenvalue weighted by Gasteiger charge is -2.09. The molecule has 0 atom stereocenters. The molecule has 0 aliphatic rings. The molecule has 29 heavy (non-hydrogen) atoms. The van der Waals surface area contributed by atoms with Crippen LogP contribution in [0.3, 0.4) is 0 Å². The van der Waals surface area contributed by atoms with Crippen molar-refractivity contribution in [1.82, 2.24) is 10.3 Å². The molecule has 0 radical (unpaired) electrons. The third kappa shape index (κ3) is 5.64. The van der Waals surface area contributed by atoms with Crippen molar-refractivity contribution in [2.75, 3.05) is 17.2 Å². The van der Waals surface area contributed by atoms with E-state index in [1.54, 1.807) is 30.3 Å². The Kier molecular flexibility index (Phi) is 6.16. The average molecular weight is 390 g/mol. The second-order valence-electron chi connectivity index (χ2n) is 6.03. The molecule has 146 valence electrons. The minimum Gasteiger partial charge on any atom is -0.480 e. The van der Waals surface area contributed by atoms with Gasteiger partial charge < -0.3 is 21.1 Å².